The number of nitrogens with one attached hydrogen (secondary N) is 1. The van der Waals surface area contributed by atoms with Gasteiger partial charge in [0.2, 0.25) is 0 Å². The first-order chi connectivity index (χ1) is 13.6. The first-order valence-corrected chi connectivity index (χ1v) is 8.54. The average Bonchev–Trinajstić information content (AvgIpc) is 2.75. The molecule has 0 radical (unpaired) electrons. The summed E-state index contributed by atoms with van der Waals surface area (Å²) in [5.41, 5.74) is 4.87. The molecule has 0 aliphatic rings. The lowest BCUT2D eigenvalue weighted by molar-refractivity contribution is -0.384. The minimum absolute atomic E-state index is 0.149. The van der Waals surface area contributed by atoms with E-state index >= 15 is 0 Å². The molecular formula is C22H17N3O3. The number of hydrogen-bond acceptors (Lipinski definition) is 4. The number of non-ortho nitro benzene ring substituents is 1. The maximum Gasteiger partial charge on any atom is 0.271 e. The third-order valence-electron chi connectivity index (χ3n) is 3.90. The summed E-state index contributed by atoms with van der Waals surface area (Å²) in [4.78, 5) is 22.7. The van der Waals surface area contributed by atoms with Gasteiger partial charge >= 0.3 is 0 Å². The SMILES string of the molecule is O=C(N/N=C(/C=C/c1ccccc1)c1ccccc1)c1cccc([N+](=O)[O-])c1. The highest BCUT2D eigenvalue weighted by Gasteiger charge is 2.11. The van der Waals surface area contributed by atoms with Gasteiger partial charge < -0.3 is 0 Å². The minimum atomic E-state index is -0.544. The van der Waals surface area contributed by atoms with Crippen LogP contribution in [0.3, 0.4) is 0 Å². The molecule has 1 amide bonds. The third-order valence-corrected chi connectivity index (χ3v) is 3.90. The van der Waals surface area contributed by atoms with Crippen LogP contribution in [-0.4, -0.2) is 16.5 Å². The van der Waals surface area contributed by atoms with Crippen molar-refractivity contribution in [2.24, 2.45) is 5.10 Å². The second kappa shape index (κ2) is 9.05. The molecule has 0 saturated heterocycles. The summed E-state index contributed by atoms with van der Waals surface area (Å²) in [7, 11) is 0. The van der Waals surface area contributed by atoms with E-state index in [9.17, 15) is 14.9 Å². The summed E-state index contributed by atoms with van der Waals surface area (Å²) < 4.78 is 0. The summed E-state index contributed by atoms with van der Waals surface area (Å²) in [5, 5.41) is 15.1. The second-order valence-corrected chi connectivity index (χ2v) is 5.86. The van der Waals surface area contributed by atoms with E-state index in [0.29, 0.717) is 5.71 Å². The monoisotopic (exact) mass is 371 g/mol. The molecule has 3 aromatic carbocycles. The molecule has 6 nitrogen and oxygen atoms in total. The Labute approximate surface area is 162 Å². The summed E-state index contributed by atoms with van der Waals surface area (Å²) in [6, 6.07) is 24.6. The van der Waals surface area contributed by atoms with Gasteiger partial charge in [-0.05, 0) is 17.7 Å². The van der Waals surface area contributed by atoms with E-state index in [1.807, 2.05) is 66.7 Å². The normalized spacial score (nSPS) is 11.4. The number of amides is 1. The van der Waals surface area contributed by atoms with Gasteiger partial charge in [0.15, 0.2) is 0 Å². The number of allylic oxidation sites excluding steroid dienone is 1. The molecule has 6 heteroatoms. The fourth-order valence-electron chi connectivity index (χ4n) is 2.48. The largest absolute Gasteiger partial charge is 0.271 e. The van der Waals surface area contributed by atoms with E-state index in [0.717, 1.165) is 11.1 Å². The fourth-order valence-corrected chi connectivity index (χ4v) is 2.48. The van der Waals surface area contributed by atoms with Crippen LogP contribution in [0.2, 0.25) is 0 Å². The molecule has 3 rings (SSSR count). The maximum atomic E-state index is 12.4. The molecule has 0 aliphatic carbocycles. The number of benzene rings is 3. The molecule has 0 spiro atoms. The number of nitrogens with zero attached hydrogens (tertiary/aromatic N) is 2. The van der Waals surface area contributed by atoms with Crippen molar-refractivity contribution in [3.05, 3.63) is 118 Å². The molecule has 0 bridgehead atoms. The average molecular weight is 371 g/mol. The van der Waals surface area contributed by atoms with Crippen LogP contribution in [0.4, 0.5) is 5.69 Å². The number of nitro benzene ring substituents is 1. The first kappa shape index (κ1) is 18.7. The molecule has 0 unspecified atom stereocenters. The smallest absolute Gasteiger partial charge is 0.267 e. The number of hydrazone groups is 1. The van der Waals surface area contributed by atoms with E-state index in [-0.39, 0.29) is 11.3 Å². The van der Waals surface area contributed by atoms with Crippen molar-refractivity contribution in [1.82, 2.24) is 5.43 Å². The number of hydrogen-bond donors (Lipinski definition) is 1. The Morgan fingerprint density at radius 3 is 2.21 bits per heavy atom. The molecule has 0 saturated carbocycles. The summed E-state index contributed by atoms with van der Waals surface area (Å²) in [6.07, 6.45) is 3.70. The molecule has 0 atom stereocenters. The lowest BCUT2D eigenvalue weighted by Crippen LogP contribution is -2.19. The Morgan fingerprint density at radius 1 is 0.893 bits per heavy atom. The highest BCUT2D eigenvalue weighted by atomic mass is 16.6. The van der Waals surface area contributed by atoms with Crippen molar-refractivity contribution < 1.29 is 9.72 Å². The van der Waals surface area contributed by atoms with E-state index < -0.39 is 10.8 Å². The van der Waals surface area contributed by atoms with Gasteiger partial charge in [-0.1, -0.05) is 72.8 Å². The van der Waals surface area contributed by atoms with Crippen molar-refractivity contribution in [1.29, 1.82) is 0 Å². The number of carbonyl (C=O) groups is 1. The third kappa shape index (κ3) is 4.98. The lowest BCUT2D eigenvalue weighted by atomic mass is 10.1. The zero-order valence-corrected chi connectivity index (χ0v) is 14.9. The van der Waals surface area contributed by atoms with E-state index in [2.05, 4.69) is 10.5 Å². The standard InChI is InChI=1S/C22H17N3O3/c26-22(19-12-7-13-20(16-19)25(27)28)24-23-21(18-10-5-2-6-11-18)15-14-17-8-3-1-4-9-17/h1-16H,(H,24,26)/b15-14+,23-21-. The van der Waals surface area contributed by atoms with Crippen LogP contribution in [0, 0.1) is 10.1 Å². The topological polar surface area (TPSA) is 84.6 Å². The van der Waals surface area contributed by atoms with Gasteiger partial charge in [-0.2, -0.15) is 5.10 Å². The van der Waals surface area contributed by atoms with Crippen molar-refractivity contribution >= 4 is 23.4 Å². The Morgan fingerprint density at radius 2 is 1.54 bits per heavy atom. The molecule has 28 heavy (non-hydrogen) atoms. The van der Waals surface area contributed by atoms with Crippen LogP contribution in [-0.2, 0) is 0 Å². The van der Waals surface area contributed by atoms with E-state index in [1.165, 1.54) is 24.3 Å². The summed E-state index contributed by atoms with van der Waals surface area (Å²) >= 11 is 0. The first-order valence-electron chi connectivity index (χ1n) is 8.54. The Bertz CT molecular complexity index is 1030. The van der Waals surface area contributed by atoms with Gasteiger partial charge in [0.1, 0.15) is 0 Å². The van der Waals surface area contributed by atoms with Gasteiger partial charge in [-0.3, -0.25) is 14.9 Å². The van der Waals surface area contributed by atoms with Crippen LogP contribution in [0.1, 0.15) is 21.5 Å². The quantitative estimate of drug-likeness (QED) is 0.395. The molecule has 138 valence electrons. The van der Waals surface area contributed by atoms with Crippen LogP contribution < -0.4 is 5.43 Å². The minimum Gasteiger partial charge on any atom is -0.267 e. The molecule has 1 N–H and O–H groups in total. The van der Waals surface area contributed by atoms with Crippen molar-refractivity contribution in [3.8, 4) is 0 Å². The lowest BCUT2D eigenvalue weighted by Gasteiger charge is -2.04. The predicted molar refractivity (Wildman–Crippen MR) is 109 cm³/mol. The Hall–Kier alpha value is -4.06. The van der Waals surface area contributed by atoms with Gasteiger partial charge in [-0.25, -0.2) is 5.43 Å². The summed E-state index contributed by atoms with van der Waals surface area (Å²) in [5.74, 6) is -0.523. The van der Waals surface area contributed by atoms with Crippen molar-refractivity contribution in [3.63, 3.8) is 0 Å². The number of carbonyl (C=O) groups excluding carboxylic acids is 1. The number of nitro groups is 1. The Balaban J connectivity index is 1.85. The highest BCUT2D eigenvalue weighted by Crippen LogP contribution is 2.13. The zero-order valence-electron chi connectivity index (χ0n) is 14.9. The number of rotatable bonds is 6. The van der Waals surface area contributed by atoms with E-state index in [4.69, 9.17) is 0 Å². The predicted octanol–water partition coefficient (Wildman–Crippen LogP) is 4.44. The molecule has 0 fully saturated rings. The molecule has 3 aromatic rings. The fraction of sp³-hybridized carbons (Fsp3) is 0. The molecule has 0 aliphatic heterocycles. The van der Waals surface area contributed by atoms with E-state index in [1.54, 1.807) is 6.08 Å². The molecule has 0 aromatic heterocycles. The van der Waals surface area contributed by atoms with Crippen LogP contribution in [0.15, 0.2) is 96.1 Å². The van der Waals surface area contributed by atoms with Gasteiger partial charge in [0, 0.05) is 23.3 Å². The molecule has 0 heterocycles. The van der Waals surface area contributed by atoms with Gasteiger partial charge in [0.05, 0.1) is 10.6 Å². The second-order valence-electron chi connectivity index (χ2n) is 5.86. The maximum absolute atomic E-state index is 12.4. The van der Waals surface area contributed by atoms with Crippen molar-refractivity contribution in [2.45, 2.75) is 0 Å². The van der Waals surface area contributed by atoms with Crippen LogP contribution in [0.25, 0.3) is 6.08 Å². The summed E-state index contributed by atoms with van der Waals surface area (Å²) in [6.45, 7) is 0. The van der Waals surface area contributed by atoms with Gasteiger partial charge in [0.25, 0.3) is 11.6 Å². The van der Waals surface area contributed by atoms with Gasteiger partial charge in [-0.15, -0.1) is 0 Å². The molecular weight excluding hydrogens is 354 g/mol. The zero-order chi connectivity index (χ0) is 19.8. The Kier molecular flexibility index (Phi) is 6.05. The highest BCUT2D eigenvalue weighted by molar-refractivity contribution is 6.11. The van der Waals surface area contributed by atoms with Crippen LogP contribution >= 0.6 is 0 Å². The van der Waals surface area contributed by atoms with Crippen LogP contribution in [0.5, 0.6) is 0 Å². The van der Waals surface area contributed by atoms with Crippen molar-refractivity contribution in [2.75, 3.05) is 0 Å².